The quantitative estimate of drug-likeness (QED) is 0.790. The minimum absolute atomic E-state index is 0.592. The Bertz CT molecular complexity index is 915. The molecule has 0 saturated heterocycles. The Morgan fingerprint density at radius 1 is 1.09 bits per heavy atom. The van der Waals surface area contributed by atoms with Crippen LogP contribution >= 0.6 is 11.6 Å². The van der Waals surface area contributed by atoms with Crippen molar-refractivity contribution in [2.75, 3.05) is 11.0 Å². The highest BCUT2D eigenvalue weighted by molar-refractivity contribution is 7.92. The van der Waals surface area contributed by atoms with Gasteiger partial charge in [-0.2, -0.15) is 0 Å². The molecular weight excluding hydrogens is 320 g/mol. The van der Waals surface area contributed by atoms with Crippen LogP contribution in [0.25, 0.3) is 10.9 Å². The van der Waals surface area contributed by atoms with E-state index in [0.717, 1.165) is 22.7 Å². The number of rotatable bonds is 4. The van der Waals surface area contributed by atoms with Crippen LogP contribution in [0.1, 0.15) is 5.56 Å². The van der Waals surface area contributed by atoms with E-state index < -0.39 is 10.0 Å². The van der Waals surface area contributed by atoms with E-state index in [9.17, 15) is 8.42 Å². The van der Waals surface area contributed by atoms with E-state index in [0.29, 0.717) is 17.3 Å². The van der Waals surface area contributed by atoms with Gasteiger partial charge in [0, 0.05) is 23.2 Å². The summed E-state index contributed by atoms with van der Waals surface area (Å²) >= 11 is 5.90. The van der Waals surface area contributed by atoms with Crippen LogP contribution in [0.3, 0.4) is 0 Å². The standard InChI is InChI=1S/C16H15ClN2O2S/c1-22(20,21)18-15-3-2-4-16-14(15)9-10-19(16)11-12-5-7-13(17)8-6-12/h2-10,18H,11H2,1H3. The zero-order chi connectivity index (χ0) is 15.7. The summed E-state index contributed by atoms with van der Waals surface area (Å²) in [7, 11) is -3.30. The molecule has 22 heavy (non-hydrogen) atoms. The number of sulfonamides is 1. The van der Waals surface area contributed by atoms with Gasteiger partial charge in [0.1, 0.15) is 0 Å². The van der Waals surface area contributed by atoms with Crippen molar-refractivity contribution in [1.29, 1.82) is 0 Å². The molecule has 0 spiro atoms. The summed E-state index contributed by atoms with van der Waals surface area (Å²) in [5.41, 5.74) is 2.70. The maximum absolute atomic E-state index is 11.4. The van der Waals surface area contributed by atoms with E-state index in [1.807, 2.05) is 48.7 Å². The fourth-order valence-corrected chi connectivity index (χ4v) is 3.14. The van der Waals surface area contributed by atoms with Crippen LogP contribution < -0.4 is 4.72 Å². The molecule has 0 saturated carbocycles. The van der Waals surface area contributed by atoms with Crippen molar-refractivity contribution in [2.45, 2.75) is 6.54 Å². The van der Waals surface area contributed by atoms with Gasteiger partial charge in [0.15, 0.2) is 0 Å². The van der Waals surface area contributed by atoms with Crippen molar-refractivity contribution < 1.29 is 8.42 Å². The fourth-order valence-electron chi connectivity index (χ4n) is 2.44. The number of benzene rings is 2. The Morgan fingerprint density at radius 3 is 2.50 bits per heavy atom. The first-order valence-corrected chi connectivity index (χ1v) is 8.99. The molecule has 6 heteroatoms. The number of hydrogen-bond donors (Lipinski definition) is 1. The molecule has 1 N–H and O–H groups in total. The number of hydrogen-bond acceptors (Lipinski definition) is 2. The summed E-state index contributed by atoms with van der Waals surface area (Å²) in [4.78, 5) is 0. The average Bonchev–Trinajstić information content (AvgIpc) is 2.84. The topological polar surface area (TPSA) is 51.1 Å². The van der Waals surface area contributed by atoms with Crippen molar-refractivity contribution in [1.82, 2.24) is 4.57 Å². The van der Waals surface area contributed by atoms with E-state index >= 15 is 0 Å². The SMILES string of the molecule is CS(=O)(=O)Nc1cccc2c1ccn2Cc1ccc(Cl)cc1. The van der Waals surface area contributed by atoms with Gasteiger partial charge in [-0.25, -0.2) is 8.42 Å². The Labute approximate surface area is 134 Å². The minimum Gasteiger partial charge on any atom is -0.343 e. The second kappa shape index (κ2) is 5.66. The monoisotopic (exact) mass is 334 g/mol. The Hall–Kier alpha value is -1.98. The molecule has 4 nitrogen and oxygen atoms in total. The second-order valence-electron chi connectivity index (χ2n) is 5.18. The third-order valence-electron chi connectivity index (χ3n) is 3.38. The fraction of sp³-hybridized carbons (Fsp3) is 0.125. The molecule has 0 aliphatic carbocycles. The summed E-state index contributed by atoms with van der Waals surface area (Å²) in [6, 6.07) is 15.2. The molecule has 0 amide bonds. The first kappa shape index (κ1) is 14.9. The molecule has 0 aliphatic heterocycles. The van der Waals surface area contributed by atoms with E-state index in [4.69, 9.17) is 11.6 Å². The normalized spacial score (nSPS) is 11.7. The molecule has 1 aromatic heterocycles. The summed E-state index contributed by atoms with van der Waals surface area (Å²) in [5.74, 6) is 0. The lowest BCUT2D eigenvalue weighted by Gasteiger charge is -2.08. The maximum Gasteiger partial charge on any atom is 0.229 e. The predicted molar refractivity (Wildman–Crippen MR) is 91.0 cm³/mol. The zero-order valence-corrected chi connectivity index (χ0v) is 13.5. The number of nitrogens with zero attached hydrogens (tertiary/aromatic N) is 1. The van der Waals surface area contributed by atoms with Crippen molar-refractivity contribution in [2.24, 2.45) is 0 Å². The molecule has 0 fully saturated rings. The van der Waals surface area contributed by atoms with Gasteiger partial charge in [0.05, 0.1) is 17.5 Å². The van der Waals surface area contributed by atoms with Crippen LogP contribution in [0.5, 0.6) is 0 Å². The van der Waals surface area contributed by atoms with Gasteiger partial charge in [-0.1, -0.05) is 29.8 Å². The van der Waals surface area contributed by atoms with Crippen LogP contribution in [0.2, 0.25) is 5.02 Å². The van der Waals surface area contributed by atoms with Gasteiger partial charge in [0.25, 0.3) is 0 Å². The molecule has 3 rings (SSSR count). The van der Waals surface area contributed by atoms with E-state index in [2.05, 4.69) is 9.29 Å². The van der Waals surface area contributed by atoms with Crippen molar-refractivity contribution in [3.63, 3.8) is 0 Å². The molecule has 0 bridgehead atoms. The highest BCUT2D eigenvalue weighted by atomic mass is 35.5. The number of fused-ring (bicyclic) bond motifs is 1. The molecule has 0 radical (unpaired) electrons. The first-order valence-electron chi connectivity index (χ1n) is 6.72. The first-order chi connectivity index (χ1) is 10.4. The van der Waals surface area contributed by atoms with E-state index in [1.54, 1.807) is 6.07 Å². The van der Waals surface area contributed by atoms with Gasteiger partial charge in [-0.05, 0) is 35.9 Å². The van der Waals surface area contributed by atoms with Gasteiger partial charge in [-0.3, -0.25) is 4.72 Å². The van der Waals surface area contributed by atoms with Crippen molar-refractivity contribution in [3.8, 4) is 0 Å². The molecule has 0 atom stereocenters. The smallest absolute Gasteiger partial charge is 0.229 e. The minimum atomic E-state index is -3.30. The highest BCUT2D eigenvalue weighted by Crippen LogP contribution is 2.26. The summed E-state index contributed by atoms with van der Waals surface area (Å²) in [6.45, 7) is 0.697. The van der Waals surface area contributed by atoms with Crippen molar-refractivity contribution >= 4 is 38.2 Å². The van der Waals surface area contributed by atoms with Crippen LogP contribution in [-0.2, 0) is 16.6 Å². The van der Waals surface area contributed by atoms with Gasteiger partial charge in [0.2, 0.25) is 10.0 Å². The molecule has 114 valence electrons. The number of halogens is 1. The Morgan fingerprint density at radius 2 is 1.82 bits per heavy atom. The summed E-state index contributed by atoms with van der Waals surface area (Å²) < 4.78 is 27.5. The Balaban J connectivity index is 1.98. The molecule has 2 aromatic carbocycles. The van der Waals surface area contributed by atoms with Crippen LogP contribution in [-0.4, -0.2) is 19.2 Å². The maximum atomic E-state index is 11.4. The molecule has 3 aromatic rings. The highest BCUT2D eigenvalue weighted by Gasteiger charge is 2.09. The number of aromatic nitrogens is 1. The largest absolute Gasteiger partial charge is 0.343 e. The summed E-state index contributed by atoms with van der Waals surface area (Å²) in [6.07, 6.45) is 3.10. The van der Waals surface area contributed by atoms with Crippen molar-refractivity contribution in [3.05, 3.63) is 65.3 Å². The van der Waals surface area contributed by atoms with Gasteiger partial charge < -0.3 is 4.57 Å². The van der Waals surface area contributed by atoms with Crippen LogP contribution in [0, 0.1) is 0 Å². The lowest BCUT2D eigenvalue weighted by atomic mass is 10.2. The lowest BCUT2D eigenvalue weighted by molar-refractivity contribution is 0.607. The van der Waals surface area contributed by atoms with Gasteiger partial charge >= 0.3 is 0 Å². The summed E-state index contributed by atoms with van der Waals surface area (Å²) in [5, 5.41) is 1.59. The zero-order valence-electron chi connectivity index (χ0n) is 12.0. The van der Waals surface area contributed by atoms with Crippen LogP contribution in [0.15, 0.2) is 54.7 Å². The number of nitrogens with one attached hydrogen (secondary N) is 1. The average molecular weight is 335 g/mol. The molecule has 0 unspecified atom stereocenters. The molecular formula is C16H15ClN2O2S. The Kier molecular flexibility index (Phi) is 3.85. The van der Waals surface area contributed by atoms with E-state index in [-0.39, 0.29) is 0 Å². The second-order valence-corrected chi connectivity index (χ2v) is 7.37. The third-order valence-corrected chi connectivity index (χ3v) is 4.22. The molecule has 1 heterocycles. The van der Waals surface area contributed by atoms with E-state index in [1.165, 1.54) is 0 Å². The molecule has 0 aliphatic rings. The van der Waals surface area contributed by atoms with Gasteiger partial charge in [-0.15, -0.1) is 0 Å². The number of anilines is 1. The van der Waals surface area contributed by atoms with Crippen LogP contribution in [0.4, 0.5) is 5.69 Å². The third kappa shape index (κ3) is 3.26. The lowest BCUT2D eigenvalue weighted by Crippen LogP contribution is -2.09. The predicted octanol–water partition coefficient (Wildman–Crippen LogP) is 3.71.